The van der Waals surface area contributed by atoms with Gasteiger partial charge in [0.1, 0.15) is 6.54 Å². The number of aromatic nitrogens is 3. The molecule has 0 saturated carbocycles. The van der Waals surface area contributed by atoms with Crippen molar-refractivity contribution in [3.8, 4) is 0 Å². The Labute approximate surface area is 164 Å². The number of carbonyl (C=O) groups is 2. The zero-order valence-corrected chi connectivity index (χ0v) is 16.0. The highest BCUT2D eigenvalue weighted by Gasteiger charge is 2.41. The fourth-order valence-electron chi connectivity index (χ4n) is 4.39. The molecule has 0 radical (unpaired) electrons. The normalized spacial score (nSPS) is 19.2. The van der Waals surface area contributed by atoms with E-state index in [-0.39, 0.29) is 18.1 Å². The molecule has 2 aliphatic rings. The zero-order valence-electron chi connectivity index (χ0n) is 16.0. The molecule has 3 heterocycles. The van der Waals surface area contributed by atoms with Crippen LogP contribution in [0.4, 0.5) is 0 Å². The number of rotatable bonds is 5. The molecule has 0 atom stereocenters. The summed E-state index contributed by atoms with van der Waals surface area (Å²) in [6.45, 7) is 4.61. The molecule has 2 N–H and O–H groups in total. The summed E-state index contributed by atoms with van der Waals surface area (Å²) in [6, 6.07) is 10.6. The van der Waals surface area contributed by atoms with Crippen LogP contribution in [0.1, 0.15) is 35.3 Å². The number of piperidine rings is 1. The summed E-state index contributed by atoms with van der Waals surface area (Å²) in [6.07, 6.45) is 4.71. The third-order valence-corrected chi connectivity index (χ3v) is 5.95. The lowest BCUT2D eigenvalue weighted by atomic mass is 9.77. The van der Waals surface area contributed by atoms with Crippen molar-refractivity contribution in [3.63, 3.8) is 0 Å². The van der Waals surface area contributed by atoms with Gasteiger partial charge < -0.3 is 10.6 Å². The highest BCUT2D eigenvalue weighted by atomic mass is 16.2. The molecule has 1 aromatic carbocycles. The van der Waals surface area contributed by atoms with Crippen molar-refractivity contribution in [1.29, 1.82) is 0 Å². The topological polar surface area (TPSA) is 97.3 Å². The second-order valence-corrected chi connectivity index (χ2v) is 8.01. The Hall–Kier alpha value is -2.74. The van der Waals surface area contributed by atoms with Crippen LogP contribution in [0.2, 0.25) is 0 Å². The van der Waals surface area contributed by atoms with Gasteiger partial charge in [-0.3, -0.25) is 14.5 Å². The van der Waals surface area contributed by atoms with Gasteiger partial charge in [-0.2, -0.15) is 0 Å². The van der Waals surface area contributed by atoms with Gasteiger partial charge in [0.05, 0.1) is 6.20 Å². The SMILES string of the molecule is NC(=O)Cn1cc(C(=O)N2CCC3(CCN(Cc4ccccc4)C3)CC2)nn1. The zero-order chi connectivity index (χ0) is 19.6. The number of hydrogen-bond donors (Lipinski definition) is 1. The lowest BCUT2D eigenvalue weighted by Gasteiger charge is -2.39. The minimum atomic E-state index is -0.509. The van der Waals surface area contributed by atoms with Gasteiger partial charge in [-0.15, -0.1) is 5.10 Å². The molecule has 0 aliphatic carbocycles. The van der Waals surface area contributed by atoms with Gasteiger partial charge in [-0.25, -0.2) is 4.68 Å². The predicted octanol–water partition coefficient (Wildman–Crippen LogP) is 0.892. The van der Waals surface area contributed by atoms with Gasteiger partial charge >= 0.3 is 0 Å². The van der Waals surface area contributed by atoms with Crippen LogP contribution in [0.3, 0.4) is 0 Å². The first kappa shape index (κ1) is 18.6. The first-order valence-corrected chi connectivity index (χ1v) is 9.77. The van der Waals surface area contributed by atoms with Crippen molar-refractivity contribution in [1.82, 2.24) is 24.8 Å². The minimum absolute atomic E-state index is 0.0688. The highest BCUT2D eigenvalue weighted by molar-refractivity contribution is 5.92. The minimum Gasteiger partial charge on any atom is -0.368 e. The van der Waals surface area contributed by atoms with E-state index in [1.165, 1.54) is 22.9 Å². The predicted molar refractivity (Wildman–Crippen MR) is 103 cm³/mol. The second-order valence-electron chi connectivity index (χ2n) is 8.01. The van der Waals surface area contributed by atoms with Crippen LogP contribution < -0.4 is 5.73 Å². The number of hydrogen-bond acceptors (Lipinski definition) is 5. The number of primary amides is 1. The molecule has 0 unspecified atom stereocenters. The van der Waals surface area contributed by atoms with E-state index >= 15 is 0 Å². The van der Waals surface area contributed by atoms with E-state index in [0.29, 0.717) is 5.41 Å². The van der Waals surface area contributed by atoms with E-state index < -0.39 is 5.91 Å². The molecule has 28 heavy (non-hydrogen) atoms. The summed E-state index contributed by atoms with van der Waals surface area (Å²) in [5.41, 5.74) is 7.09. The number of nitrogens with zero attached hydrogens (tertiary/aromatic N) is 5. The van der Waals surface area contributed by atoms with E-state index in [1.807, 2.05) is 11.0 Å². The van der Waals surface area contributed by atoms with E-state index in [2.05, 4.69) is 39.5 Å². The van der Waals surface area contributed by atoms with Crippen LogP contribution in [0.25, 0.3) is 0 Å². The Morgan fingerprint density at radius 1 is 1.07 bits per heavy atom. The van der Waals surface area contributed by atoms with Crippen LogP contribution in [-0.4, -0.2) is 62.8 Å². The highest BCUT2D eigenvalue weighted by Crippen LogP contribution is 2.41. The molecular weight excluding hydrogens is 356 g/mol. The average Bonchev–Trinajstić information content (AvgIpc) is 3.30. The van der Waals surface area contributed by atoms with Gasteiger partial charge in [-0.1, -0.05) is 35.5 Å². The molecule has 148 valence electrons. The fraction of sp³-hybridized carbons (Fsp3) is 0.500. The van der Waals surface area contributed by atoms with Crippen LogP contribution in [-0.2, 0) is 17.9 Å². The maximum absolute atomic E-state index is 12.7. The molecule has 8 heteroatoms. The molecule has 0 bridgehead atoms. The number of benzene rings is 1. The Morgan fingerprint density at radius 2 is 1.79 bits per heavy atom. The van der Waals surface area contributed by atoms with Crippen LogP contribution in [0.5, 0.6) is 0 Å². The number of likely N-dealkylation sites (tertiary alicyclic amines) is 2. The van der Waals surface area contributed by atoms with Gasteiger partial charge in [0, 0.05) is 26.2 Å². The molecule has 2 aliphatic heterocycles. The summed E-state index contributed by atoms with van der Waals surface area (Å²) in [5, 5.41) is 7.70. The van der Waals surface area contributed by atoms with Crippen molar-refractivity contribution in [2.75, 3.05) is 26.2 Å². The molecule has 1 spiro atoms. The van der Waals surface area contributed by atoms with Crippen LogP contribution in [0.15, 0.2) is 36.5 Å². The van der Waals surface area contributed by atoms with Crippen molar-refractivity contribution < 1.29 is 9.59 Å². The summed E-state index contributed by atoms with van der Waals surface area (Å²) in [7, 11) is 0. The third kappa shape index (κ3) is 4.06. The van der Waals surface area contributed by atoms with Crippen LogP contribution in [0, 0.1) is 5.41 Å². The first-order valence-electron chi connectivity index (χ1n) is 9.77. The maximum atomic E-state index is 12.7. The quantitative estimate of drug-likeness (QED) is 0.828. The third-order valence-electron chi connectivity index (χ3n) is 5.95. The Morgan fingerprint density at radius 3 is 2.50 bits per heavy atom. The lowest BCUT2D eigenvalue weighted by Crippen LogP contribution is -2.44. The van der Waals surface area contributed by atoms with Gasteiger partial charge in [-0.05, 0) is 36.8 Å². The number of amides is 2. The van der Waals surface area contributed by atoms with Crippen molar-refractivity contribution >= 4 is 11.8 Å². The average molecular weight is 382 g/mol. The Kier molecular flexibility index (Phi) is 5.13. The fourth-order valence-corrected chi connectivity index (χ4v) is 4.39. The summed E-state index contributed by atoms with van der Waals surface area (Å²) in [4.78, 5) is 28.0. The largest absolute Gasteiger partial charge is 0.368 e. The van der Waals surface area contributed by atoms with E-state index in [1.54, 1.807) is 0 Å². The van der Waals surface area contributed by atoms with Gasteiger partial charge in [0.2, 0.25) is 5.91 Å². The monoisotopic (exact) mass is 382 g/mol. The van der Waals surface area contributed by atoms with Crippen molar-refractivity contribution in [2.45, 2.75) is 32.4 Å². The Bertz CT molecular complexity index is 841. The number of nitrogens with two attached hydrogens (primary N) is 1. The van der Waals surface area contributed by atoms with Gasteiger partial charge in [0.15, 0.2) is 5.69 Å². The first-order chi connectivity index (χ1) is 13.5. The Balaban J connectivity index is 1.31. The van der Waals surface area contributed by atoms with Crippen molar-refractivity contribution in [2.24, 2.45) is 11.1 Å². The molecule has 1 aromatic heterocycles. The second kappa shape index (κ2) is 7.71. The van der Waals surface area contributed by atoms with Crippen molar-refractivity contribution in [3.05, 3.63) is 47.8 Å². The van der Waals surface area contributed by atoms with E-state index in [4.69, 9.17) is 5.73 Å². The molecule has 4 rings (SSSR count). The van der Waals surface area contributed by atoms with E-state index in [0.717, 1.165) is 45.6 Å². The van der Waals surface area contributed by atoms with E-state index in [9.17, 15) is 9.59 Å². The molecule has 2 aromatic rings. The van der Waals surface area contributed by atoms with Crippen LogP contribution >= 0.6 is 0 Å². The van der Waals surface area contributed by atoms with Gasteiger partial charge in [0.25, 0.3) is 5.91 Å². The lowest BCUT2D eigenvalue weighted by molar-refractivity contribution is -0.118. The summed E-state index contributed by atoms with van der Waals surface area (Å²) in [5.74, 6) is -0.630. The maximum Gasteiger partial charge on any atom is 0.276 e. The summed E-state index contributed by atoms with van der Waals surface area (Å²) >= 11 is 0. The smallest absolute Gasteiger partial charge is 0.276 e. The number of carbonyl (C=O) groups excluding carboxylic acids is 2. The summed E-state index contributed by atoms with van der Waals surface area (Å²) < 4.78 is 1.30. The molecule has 2 fully saturated rings. The molecule has 8 nitrogen and oxygen atoms in total. The standard InChI is InChI=1S/C20H26N6O2/c21-18(27)14-26-13-17(22-23-26)19(28)25-10-7-20(8-11-25)6-9-24(15-20)12-16-4-2-1-3-5-16/h1-5,13H,6-12,14-15H2,(H2,21,27). The molecule has 2 amide bonds. The molecular formula is C20H26N6O2. The molecule has 2 saturated heterocycles.